The van der Waals surface area contributed by atoms with E-state index >= 15 is 0 Å². The van der Waals surface area contributed by atoms with E-state index in [4.69, 9.17) is 5.11 Å². The molecule has 0 saturated heterocycles. The molecule has 0 amide bonds. The van der Waals surface area contributed by atoms with Crippen molar-refractivity contribution < 1.29 is 15.0 Å². The summed E-state index contributed by atoms with van der Waals surface area (Å²) in [5.41, 5.74) is 1.26. The van der Waals surface area contributed by atoms with Crippen LogP contribution in [-0.2, 0) is 4.79 Å². The van der Waals surface area contributed by atoms with Crippen molar-refractivity contribution in [2.45, 2.75) is 38.5 Å². The highest BCUT2D eigenvalue weighted by Crippen LogP contribution is 2.39. The zero-order valence-corrected chi connectivity index (χ0v) is 10.7. The van der Waals surface area contributed by atoms with Crippen LogP contribution in [0.4, 0.5) is 0 Å². The van der Waals surface area contributed by atoms with Gasteiger partial charge in [-0.3, -0.25) is 4.79 Å². The molecular weight excluding hydrogens is 228 g/mol. The third-order valence-corrected chi connectivity index (χ3v) is 4.23. The highest BCUT2D eigenvalue weighted by Gasteiger charge is 2.29. The smallest absolute Gasteiger partial charge is 0.306 e. The van der Waals surface area contributed by atoms with Crippen LogP contribution < -0.4 is 0 Å². The number of aliphatic carboxylic acids is 1. The van der Waals surface area contributed by atoms with Gasteiger partial charge in [-0.05, 0) is 55.2 Å². The molecule has 3 heteroatoms. The Morgan fingerprint density at radius 1 is 1.17 bits per heavy atom. The summed E-state index contributed by atoms with van der Waals surface area (Å²) >= 11 is 0. The Morgan fingerprint density at radius 2 is 1.72 bits per heavy atom. The number of carbonyl (C=O) groups is 1. The van der Waals surface area contributed by atoms with E-state index < -0.39 is 5.97 Å². The van der Waals surface area contributed by atoms with Crippen LogP contribution in [0.5, 0.6) is 5.75 Å². The molecular formula is C15H20O3. The lowest BCUT2D eigenvalue weighted by atomic mass is 9.74. The largest absolute Gasteiger partial charge is 0.508 e. The Labute approximate surface area is 107 Å². The van der Waals surface area contributed by atoms with Gasteiger partial charge in [-0.2, -0.15) is 0 Å². The van der Waals surface area contributed by atoms with Crippen molar-refractivity contribution in [1.82, 2.24) is 0 Å². The standard InChI is InChI=1S/C15H20O3/c1-10(15(17)18)11-2-4-12(5-3-11)13-6-8-14(16)9-7-13/h6-12,16H,2-5H2,1H3,(H,17,18)/t10?,11-,12-. The summed E-state index contributed by atoms with van der Waals surface area (Å²) in [7, 11) is 0. The quantitative estimate of drug-likeness (QED) is 0.862. The second-order valence-corrected chi connectivity index (χ2v) is 5.33. The predicted molar refractivity (Wildman–Crippen MR) is 69.6 cm³/mol. The van der Waals surface area contributed by atoms with Crippen LogP contribution >= 0.6 is 0 Å². The van der Waals surface area contributed by atoms with E-state index in [-0.39, 0.29) is 5.92 Å². The van der Waals surface area contributed by atoms with Crippen molar-refractivity contribution in [3.63, 3.8) is 0 Å². The van der Waals surface area contributed by atoms with Gasteiger partial charge in [0.1, 0.15) is 5.75 Å². The van der Waals surface area contributed by atoms with Gasteiger partial charge in [0.2, 0.25) is 0 Å². The Morgan fingerprint density at radius 3 is 2.22 bits per heavy atom. The lowest BCUT2D eigenvalue weighted by Crippen LogP contribution is -2.24. The summed E-state index contributed by atoms with van der Waals surface area (Å²) in [5.74, 6) is 0.222. The van der Waals surface area contributed by atoms with Crippen LogP contribution in [0.25, 0.3) is 0 Å². The minimum Gasteiger partial charge on any atom is -0.508 e. The lowest BCUT2D eigenvalue weighted by Gasteiger charge is -2.30. The van der Waals surface area contributed by atoms with Crippen molar-refractivity contribution >= 4 is 5.97 Å². The molecule has 1 aliphatic carbocycles. The molecule has 1 aliphatic rings. The first kappa shape index (κ1) is 12.9. The minimum absolute atomic E-state index is 0.231. The monoisotopic (exact) mass is 248 g/mol. The average Bonchev–Trinajstić information content (AvgIpc) is 2.39. The fourth-order valence-corrected chi connectivity index (χ4v) is 2.90. The molecule has 0 radical (unpaired) electrons. The Bertz CT molecular complexity index is 402. The number of hydrogen-bond donors (Lipinski definition) is 2. The molecule has 1 fully saturated rings. The van der Waals surface area contributed by atoms with E-state index in [1.165, 1.54) is 5.56 Å². The van der Waals surface area contributed by atoms with E-state index in [0.29, 0.717) is 17.6 Å². The van der Waals surface area contributed by atoms with Gasteiger partial charge in [0.15, 0.2) is 0 Å². The van der Waals surface area contributed by atoms with Crippen LogP contribution in [-0.4, -0.2) is 16.2 Å². The summed E-state index contributed by atoms with van der Waals surface area (Å²) in [6.45, 7) is 1.81. The fourth-order valence-electron chi connectivity index (χ4n) is 2.90. The number of carboxylic acid groups (broad SMARTS) is 1. The number of carboxylic acids is 1. The van der Waals surface area contributed by atoms with Gasteiger partial charge in [0.25, 0.3) is 0 Å². The topological polar surface area (TPSA) is 57.5 Å². The number of hydrogen-bond acceptors (Lipinski definition) is 2. The van der Waals surface area contributed by atoms with Crippen LogP contribution in [0.3, 0.4) is 0 Å². The maximum Gasteiger partial charge on any atom is 0.306 e. The third-order valence-electron chi connectivity index (χ3n) is 4.23. The summed E-state index contributed by atoms with van der Waals surface area (Å²) in [6, 6.07) is 7.39. The zero-order chi connectivity index (χ0) is 13.1. The van der Waals surface area contributed by atoms with Crippen LogP contribution in [0.1, 0.15) is 44.1 Å². The second kappa shape index (κ2) is 5.42. The molecule has 1 atom stereocenters. The van der Waals surface area contributed by atoms with Gasteiger partial charge in [-0.25, -0.2) is 0 Å². The van der Waals surface area contributed by atoms with Gasteiger partial charge in [0.05, 0.1) is 5.92 Å². The highest BCUT2D eigenvalue weighted by atomic mass is 16.4. The number of phenolic OH excluding ortho intramolecular Hbond substituents is 1. The SMILES string of the molecule is CC(C(=O)O)[C@H]1CC[C@H](c2ccc(O)cc2)CC1. The molecule has 98 valence electrons. The maximum absolute atomic E-state index is 11.0. The fraction of sp³-hybridized carbons (Fsp3) is 0.533. The molecule has 1 unspecified atom stereocenters. The molecule has 2 N–H and O–H groups in total. The van der Waals surface area contributed by atoms with Crippen molar-refractivity contribution in [2.24, 2.45) is 11.8 Å². The summed E-state index contributed by atoms with van der Waals surface area (Å²) < 4.78 is 0. The maximum atomic E-state index is 11.0. The molecule has 0 bridgehead atoms. The van der Waals surface area contributed by atoms with Gasteiger partial charge in [0, 0.05) is 0 Å². The molecule has 1 aromatic rings. The Hall–Kier alpha value is -1.51. The van der Waals surface area contributed by atoms with Crippen molar-refractivity contribution in [3.8, 4) is 5.75 Å². The molecule has 0 spiro atoms. The minimum atomic E-state index is -0.678. The molecule has 0 aliphatic heterocycles. The van der Waals surface area contributed by atoms with E-state index in [1.54, 1.807) is 12.1 Å². The second-order valence-electron chi connectivity index (χ2n) is 5.33. The average molecular weight is 248 g/mol. The summed E-state index contributed by atoms with van der Waals surface area (Å²) in [4.78, 5) is 11.0. The van der Waals surface area contributed by atoms with Gasteiger partial charge in [-0.1, -0.05) is 19.1 Å². The van der Waals surface area contributed by atoms with E-state index in [0.717, 1.165) is 25.7 Å². The van der Waals surface area contributed by atoms with E-state index in [9.17, 15) is 9.90 Å². The van der Waals surface area contributed by atoms with Gasteiger partial charge >= 0.3 is 5.97 Å². The first-order valence-corrected chi connectivity index (χ1v) is 6.59. The lowest BCUT2D eigenvalue weighted by molar-refractivity contribution is -0.143. The van der Waals surface area contributed by atoms with Gasteiger partial charge < -0.3 is 10.2 Å². The van der Waals surface area contributed by atoms with Crippen LogP contribution in [0.2, 0.25) is 0 Å². The van der Waals surface area contributed by atoms with E-state index in [2.05, 4.69) is 0 Å². The molecule has 3 nitrogen and oxygen atoms in total. The number of rotatable bonds is 3. The van der Waals surface area contributed by atoms with Crippen molar-refractivity contribution in [3.05, 3.63) is 29.8 Å². The third kappa shape index (κ3) is 2.84. The van der Waals surface area contributed by atoms with Crippen molar-refractivity contribution in [2.75, 3.05) is 0 Å². The molecule has 18 heavy (non-hydrogen) atoms. The highest BCUT2D eigenvalue weighted by molar-refractivity contribution is 5.69. The molecule has 2 rings (SSSR count). The van der Waals surface area contributed by atoms with Gasteiger partial charge in [-0.15, -0.1) is 0 Å². The Kier molecular flexibility index (Phi) is 3.90. The summed E-state index contributed by atoms with van der Waals surface area (Å²) in [6.07, 6.45) is 4.07. The summed E-state index contributed by atoms with van der Waals surface area (Å²) in [5, 5.41) is 18.3. The molecule has 1 saturated carbocycles. The Balaban J connectivity index is 1.94. The first-order chi connectivity index (χ1) is 8.58. The zero-order valence-electron chi connectivity index (χ0n) is 10.7. The predicted octanol–water partition coefficient (Wildman–Crippen LogP) is 3.39. The van der Waals surface area contributed by atoms with Crippen LogP contribution in [0.15, 0.2) is 24.3 Å². The number of phenols is 1. The van der Waals surface area contributed by atoms with E-state index in [1.807, 2.05) is 19.1 Å². The van der Waals surface area contributed by atoms with Crippen molar-refractivity contribution in [1.29, 1.82) is 0 Å². The first-order valence-electron chi connectivity index (χ1n) is 6.59. The molecule has 1 aromatic carbocycles. The number of benzene rings is 1. The molecule has 0 aromatic heterocycles. The normalized spacial score (nSPS) is 25.6. The van der Waals surface area contributed by atoms with Crippen LogP contribution in [0, 0.1) is 11.8 Å². The molecule has 0 heterocycles. The number of aromatic hydroxyl groups is 1.